The van der Waals surface area contributed by atoms with Crippen LogP contribution in [-0.4, -0.2) is 23.1 Å². The second-order valence-corrected chi connectivity index (χ2v) is 6.90. The average Bonchev–Trinajstić information content (AvgIpc) is 2.50. The SMILES string of the molecule is CC(C)CN(CC(C)C)c1ncnc(Nc2ccc(F)cc2F)c1N. The van der Waals surface area contributed by atoms with Gasteiger partial charge in [-0.1, -0.05) is 27.7 Å². The molecule has 25 heavy (non-hydrogen) atoms. The van der Waals surface area contributed by atoms with Crippen molar-refractivity contribution < 1.29 is 8.78 Å². The molecule has 1 aromatic carbocycles. The second kappa shape index (κ2) is 8.09. The van der Waals surface area contributed by atoms with Crippen LogP contribution in [0, 0.1) is 23.5 Å². The van der Waals surface area contributed by atoms with E-state index in [4.69, 9.17) is 5.73 Å². The van der Waals surface area contributed by atoms with Gasteiger partial charge in [0.25, 0.3) is 0 Å². The third-order valence-electron chi connectivity index (χ3n) is 3.52. The first-order valence-electron chi connectivity index (χ1n) is 8.35. The minimum Gasteiger partial charge on any atom is -0.393 e. The first-order valence-corrected chi connectivity index (χ1v) is 8.35. The lowest BCUT2D eigenvalue weighted by Crippen LogP contribution is -2.32. The summed E-state index contributed by atoms with van der Waals surface area (Å²) >= 11 is 0. The van der Waals surface area contributed by atoms with Gasteiger partial charge in [0.2, 0.25) is 0 Å². The predicted octanol–water partition coefficient (Wildman–Crippen LogP) is 4.20. The summed E-state index contributed by atoms with van der Waals surface area (Å²) < 4.78 is 26.9. The van der Waals surface area contributed by atoms with Crippen LogP contribution in [0.1, 0.15) is 27.7 Å². The molecule has 0 radical (unpaired) electrons. The highest BCUT2D eigenvalue weighted by molar-refractivity contribution is 5.78. The van der Waals surface area contributed by atoms with Crippen LogP contribution in [-0.2, 0) is 0 Å². The maximum atomic E-state index is 13.9. The smallest absolute Gasteiger partial charge is 0.159 e. The second-order valence-electron chi connectivity index (χ2n) is 6.90. The van der Waals surface area contributed by atoms with Crippen molar-refractivity contribution in [3.05, 3.63) is 36.2 Å². The molecule has 136 valence electrons. The molecule has 0 aliphatic carbocycles. The van der Waals surface area contributed by atoms with Crippen molar-refractivity contribution in [2.75, 3.05) is 29.0 Å². The number of aromatic nitrogens is 2. The van der Waals surface area contributed by atoms with E-state index in [-0.39, 0.29) is 5.69 Å². The molecule has 0 saturated carbocycles. The van der Waals surface area contributed by atoms with Crippen LogP contribution in [0.3, 0.4) is 0 Å². The summed E-state index contributed by atoms with van der Waals surface area (Å²) in [6.07, 6.45) is 1.39. The van der Waals surface area contributed by atoms with Gasteiger partial charge in [-0.3, -0.25) is 0 Å². The van der Waals surface area contributed by atoms with Crippen LogP contribution in [0.2, 0.25) is 0 Å². The molecular weight excluding hydrogens is 324 g/mol. The van der Waals surface area contributed by atoms with Gasteiger partial charge >= 0.3 is 0 Å². The molecule has 2 rings (SSSR count). The Morgan fingerprint density at radius 3 is 2.28 bits per heavy atom. The van der Waals surface area contributed by atoms with Gasteiger partial charge in [-0.05, 0) is 24.0 Å². The molecule has 0 saturated heterocycles. The molecule has 0 aliphatic rings. The standard InChI is InChI=1S/C18H25F2N5/c1-11(2)8-25(9-12(3)4)18-16(21)17(22-10-23-18)24-15-6-5-13(19)7-14(15)20/h5-7,10-12H,8-9,21H2,1-4H3,(H,22,23,24). The minimum absolute atomic E-state index is 0.108. The molecule has 0 aliphatic heterocycles. The summed E-state index contributed by atoms with van der Waals surface area (Å²) in [4.78, 5) is 10.5. The van der Waals surface area contributed by atoms with E-state index in [2.05, 4.69) is 47.9 Å². The highest BCUT2D eigenvalue weighted by Gasteiger charge is 2.18. The molecule has 7 heteroatoms. The van der Waals surface area contributed by atoms with Gasteiger partial charge in [0.15, 0.2) is 11.6 Å². The lowest BCUT2D eigenvalue weighted by atomic mass is 10.1. The van der Waals surface area contributed by atoms with Gasteiger partial charge < -0.3 is 16.0 Å². The van der Waals surface area contributed by atoms with Crippen LogP contribution in [0.4, 0.5) is 31.8 Å². The van der Waals surface area contributed by atoms with Crippen molar-refractivity contribution in [3.8, 4) is 0 Å². The molecule has 0 amide bonds. The number of anilines is 4. The summed E-state index contributed by atoms with van der Waals surface area (Å²) in [6, 6.07) is 3.30. The molecule has 0 fully saturated rings. The van der Waals surface area contributed by atoms with Crippen LogP contribution >= 0.6 is 0 Å². The molecule has 1 aromatic heterocycles. The molecule has 5 nitrogen and oxygen atoms in total. The number of halogens is 2. The van der Waals surface area contributed by atoms with Gasteiger partial charge in [-0.15, -0.1) is 0 Å². The van der Waals surface area contributed by atoms with E-state index in [1.54, 1.807) is 0 Å². The fraction of sp³-hybridized carbons (Fsp3) is 0.444. The number of nitrogen functional groups attached to an aromatic ring is 1. The van der Waals surface area contributed by atoms with Crippen molar-refractivity contribution in [2.24, 2.45) is 11.8 Å². The Hall–Kier alpha value is -2.44. The number of nitrogens with two attached hydrogens (primary N) is 1. The highest BCUT2D eigenvalue weighted by Crippen LogP contribution is 2.30. The summed E-state index contributed by atoms with van der Waals surface area (Å²) in [7, 11) is 0. The Labute approximate surface area is 147 Å². The van der Waals surface area contributed by atoms with Crippen molar-refractivity contribution in [2.45, 2.75) is 27.7 Å². The van der Waals surface area contributed by atoms with Crippen molar-refractivity contribution >= 4 is 23.0 Å². The zero-order valence-corrected chi connectivity index (χ0v) is 15.1. The van der Waals surface area contributed by atoms with Crippen molar-refractivity contribution in [3.63, 3.8) is 0 Å². The van der Waals surface area contributed by atoms with Crippen molar-refractivity contribution in [1.82, 2.24) is 9.97 Å². The van der Waals surface area contributed by atoms with E-state index in [0.717, 1.165) is 19.2 Å². The average molecular weight is 349 g/mol. The Morgan fingerprint density at radius 2 is 1.72 bits per heavy atom. The Balaban J connectivity index is 2.33. The summed E-state index contributed by atoms with van der Waals surface area (Å²) in [5.41, 5.74) is 6.69. The maximum absolute atomic E-state index is 13.9. The molecule has 0 bridgehead atoms. The molecule has 0 atom stereocenters. The number of nitrogens with one attached hydrogen (secondary N) is 1. The quantitative estimate of drug-likeness (QED) is 0.784. The first-order chi connectivity index (χ1) is 11.8. The zero-order chi connectivity index (χ0) is 18.6. The topological polar surface area (TPSA) is 67.1 Å². The molecule has 2 aromatic rings. The van der Waals surface area contributed by atoms with E-state index >= 15 is 0 Å². The van der Waals surface area contributed by atoms with E-state index < -0.39 is 11.6 Å². The van der Waals surface area contributed by atoms with Crippen LogP contribution in [0.15, 0.2) is 24.5 Å². The molecular formula is C18H25F2N5. The van der Waals surface area contributed by atoms with Gasteiger partial charge in [-0.2, -0.15) is 0 Å². The normalized spacial score (nSPS) is 11.2. The summed E-state index contributed by atoms with van der Waals surface area (Å²) in [6.45, 7) is 10.1. The molecule has 1 heterocycles. The van der Waals surface area contributed by atoms with Crippen LogP contribution in [0.25, 0.3) is 0 Å². The number of hydrogen-bond acceptors (Lipinski definition) is 5. The maximum Gasteiger partial charge on any atom is 0.159 e. The Kier molecular flexibility index (Phi) is 6.12. The summed E-state index contributed by atoms with van der Waals surface area (Å²) in [5.74, 6) is 0.425. The van der Waals surface area contributed by atoms with E-state index in [1.165, 1.54) is 18.5 Å². The molecule has 3 N–H and O–H groups in total. The van der Waals surface area contributed by atoms with Gasteiger partial charge in [0.05, 0.1) is 5.69 Å². The fourth-order valence-electron chi connectivity index (χ4n) is 2.59. The monoisotopic (exact) mass is 349 g/mol. The minimum atomic E-state index is -0.708. The number of hydrogen-bond donors (Lipinski definition) is 2. The molecule has 0 unspecified atom stereocenters. The lowest BCUT2D eigenvalue weighted by Gasteiger charge is -2.28. The Morgan fingerprint density at radius 1 is 1.08 bits per heavy atom. The zero-order valence-electron chi connectivity index (χ0n) is 15.1. The Bertz CT molecular complexity index is 709. The van der Waals surface area contributed by atoms with E-state index in [9.17, 15) is 8.78 Å². The van der Waals surface area contributed by atoms with E-state index in [1.807, 2.05) is 0 Å². The van der Waals surface area contributed by atoms with Crippen molar-refractivity contribution in [1.29, 1.82) is 0 Å². The third kappa shape index (κ3) is 5.01. The lowest BCUT2D eigenvalue weighted by molar-refractivity contribution is 0.549. The van der Waals surface area contributed by atoms with Crippen LogP contribution < -0.4 is 16.0 Å². The van der Waals surface area contributed by atoms with E-state index in [0.29, 0.717) is 29.2 Å². The largest absolute Gasteiger partial charge is 0.393 e. The first kappa shape index (κ1) is 18.9. The number of benzene rings is 1. The highest BCUT2D eigenvalue weighted by atomic mass is 19.1. The van der Waals surface area contributed by atoms with Gasteiger partial charge in [0.1, 0.15) is 23.6 Å². The van der Waals surface area contributed by atoms with Gasteiger partial charge in [0, 0.05) is 19.2 Å². The number of rotatable bonds is 7. The number of nitrogens with zero attached hydrogens (tertiary/aromatic N) is 3. The summed E-state index contributed by atoms with van der Waals surface area (Å²) in [5, 5.41) is 2.83. The third-order valence-corrected chi connectivity index (χ3v) is 3.52. The van der Waals surface area contributed by atoms with Gasteiger partial charge in [-0.25, -0.2) is 18.7 Å². The fourth-order valence-corrected chi connectivity index (χ4v) is 2.59. The predicted molar refractivity (Wildman–Crippen MR) is 98.0 cm³/mol. The molecule has 0 spiro atoms. The van der Waals surface area contributed by atoms with Crippen LogP contribution in [0.5, 0.6) is 0 Å².